The van der Waals surface area contributed by atoms with E-state index in [-0.39, 0.29) is 40.6 Å². The lowest BCUT2D eigenvalue weighted by molar-refractivity contribution is -0.138. The number of halogens is 6. The maximum absolute atomic E-state index is 14.5. The quantitative estimate of drug-likeness (QED) is 0.187. The number of carbonyl (C=O) groups excluding carboxylic acids is 1. The second-order valence-corrected chi connectivity index (χ2v) is 8.60. The van der Waals surface area contributed by atoms with Gasteiger partial charge in [-0.1, -0.05) is 6.07 Å². The number of nitrogens with zero attached hydrogens (tertiary/aromatic N) is 2. The van der Waals surface area contributed by atoms with Crippen LogP contribution in [0.1, 0.15) is 42.4 Å². The molecule has 2 aromatic heterocycles. The van der Waals surface area contributed by atoms with Crippen molar-refractivity contribution in [1.82, 2.24) is 9.55 Å². The molecule has 0 amide bonds. The molecule has 200 valence electrons. The van der Waals surface area contributed by atoms with Crippen LogP contribution in [-0.2, 0) is 17.1 Å². The summed E-state index contributed by atoms with van der Waals surface area (Å²) >= 11 is 0. The van der Waals surface area contributed by atoms with Gasteiger partial charge in [-0.25, -0.2) is 4.79 Å². The molecule has 2 aromatic carbocycles. The van der Waals surface area contributed by atoms with Crippen molar-refractivity contribution < 1.29 is 40.6 Å². The molecule has 38 heavy (non-hydrogen) atoms. The minimum Gasteiger partial charge on any atom is -0.491 e. The fraction of sp³-hybridized carbons (Fsp3) is 0.259. The van der Waals surface area contributed by atoms with Gasteiger partial charge in [0.25, 0.3) is 0 Å². The number of ether oxygens (including phenoxy) is 2. The first-order chi connectivity index (χ1) is 17.8. The number of hydrogen-bond donors (Lipinski definition) is 0. The van der Waals surface area contributed by atoms with Gasteiger partial charge in [0, 0.05) is 22.8 Å². The number of aromatic nitrogens is 2. The molecule has 0 spiro atoms. The average Bonchev–Trinajstić information content (AvgIpc) is 3.19. The highest BCUT2D eigenvalue weighted by Gasteiger charge is 2.42. The van der Waals surface area contributed by atoms with E-state index in [0.717, 1.165) is 22.8 Å². The van der Waals surface area contributed by atoms with Crippen LogP contribution < -0.4 is 4.74 Å². The van der Waals surface area contributed by atoms with Crippen molar-refractivity contribution in [3.8, 4) is 22.7 Å². The molecule has 0 saturated heterocycles. The van der Waals surface area contributed by atoms with Crippen molar-refractivity contribution in [1.29, 1.82) is 0 Å². The highest BCUT2D eigenvalue weighted by molar-refractivity contribution is 6.02. The van der Waals surface area contributed by atoms with Gasteiger partial charge in [-0.2, -0.15) is 26.3 Å². The Balaban J connectivity index is 1.96. The molecular weight excluding hydrogens is 514 g/mol. The first-order valence-electron chi connectivity index (χ1n) is 11.5. The van der Waals surface area contributed by atoms with Crippen molar-refractivity contribution in [3.63, 3.8) is 0 Å². The Morgan fingerprint density at radius 1 is 0.947 bits per heavy atom. The first-order valence-corrected chi connectivity index (χ1v) is 11.5. The zero-order chi connectivity index (χ0) is 27.8. The smallest absolute Gasteiger partial charge is 0.419 e. The summed E-state index contributed by atoms with van der Waals surface area (Å²) in [5, 5.41) is -0.331. The summed E-state index contributed by atoms with van der Waals surface area (Å²) in [5.74, 6) is -0.683. The lowest BCUT2D eigenvalue weighted by atomic mass is 10.0. The second kappa shape index (κ2) is 10.0. The van der Waals surface area contributed by atoms with E-state index in [9.17, 15) is 31.1 Å². The second-order valence-electron chi connectivity index (χ2n) is 8.60. The predicted octanol–water partition coefficient (Wildman–Crippen LogP) is 7.69. The summed E-state index contributed by atoms with van der Waals surface area (Å²) in [6.07, 6.45) is -9.09. The Hall–Kier alpha value is -4.02. The molecule has 4 aromatic rings. The highest BCUT2D eigenvalue weighted by Crippen LogP contribution is 2.42. The van der Waals surface area contributed by atoms with Crippen LogP contribution in [0.3, 0.4) is 0 Å². The molecule has 0 aliphatic heterocycles. The Morgan fingerprint density at radius 3 is 2.16 bits per heavy atom. The lowest BCUT2D eigenvalue weighted by Crippen LogP contribution is -2.17. The van der Waals surface area contributed by atoms with Gasteiger partial charge in [0.1, 0.15) is 11.4 Å². The van der Waals surface area contributed by atoms with Gasteiger partial charge in [0.15, 0.2) is 0 Å². The van der Waals surface area contributed by atoms with E-state index in [1.165, 1.54) is 31.2 Å². The van der Waals surface area contributed by atoms with E-state index in [1.807, 2.05) is 13.8 Å². The van der Waals surface area contributed by atoms with Crippen LogP contribution in [0.5, 0.6) is 5.75 Å². The van der Waals surface area contributed by atoms with Crippen molar-refractivity contribution in [2.45, 2.75) is 39.2 Å². The SMILES string of the molecule is CCOC(=O)c1c(C(F)(F)F)c2cc(-c3ccc(C(F)(F)F)cn3)ccc2n1-c1ccc(OC(C)C)cc1. The zero-order valence-electron chi connectivity index (χ0n) is 20.4. The summed E-state index contributed by atoms with van der Waals surface area (Å²) < 4.78 is 93.9. The number of benzene rings is 2. The van der Waals surface area contributed by atoms with E-state index < -0.39 is 35.1 Å². The summed E-state index contributed by atoms with van der Waals surface area (Å²) in [4.78, 5) is 16.7. The monoisotopic (exact) mass is 536 g/mol. The summed E-state index contributed by atoms with van der Waals surface area (Å²) in [6, 6.07) is 12.0. The van der Waals surface area contributed by atoms with Crippen LogP contribution in [0, 0.1) is 0 Å². The van der Waals surface area contributed by atoms with Crippen LogP contribution in [0.4, 0.5) is 26.3 Å². The molecule has 0 radical (unpaired) electrons. The summed E-state index contributed by atoms with van der Waals surface area (Å²) in [6.45, 7) is 4.97. The molecule has 0 aliphatic carbocycles. The van der Waals surface area contributed by atoms with Gasteiger partial charge in [0.05, 0.1) is 35.0 Å². The predicted molar refractivity (Wildman–Crippen MR) is 128 cm³/mol. The number of rotatable bonds is 6. The van der Waals surface area contributed by atoms with E-state index in [1.54, 1.807) is 12.1 Å². The van der Waals surface area contributed by atoms with Gasteiger partial charge in [0.2, 0.25) is 0 Å². The Kier molecular flexibility index (Phi) is 7.14. The van der Waals surface area contributed by atoms with Gasteiger partial charge >= 0.3 is 18.3 Å². The molecule has 2 heterocycles. The van der Waals surface area contributed by atoms with Crippen molar-refractivity contribution >= 4 is 16.9 Å². The van der Waals surface area contributed by atoms with E-state index >= 15 is 0 Å². The molecule has 0 atom stereocenters. The van der Waals surface area contributed by atoms with Gasteiger partial charge in [-0.15, -0.1) is 0 Å². The number of hydrogen-bond acceptors (Lipinski definition) is 4. The normalized spacial score (nSPS) is 12.3. The van der Waals surface area contributed by atoms with Crippen molar-refractivity contribution in [2.24, 2.45) is 0 Å². The van der Waals surface area contributed by atoms with E-state index in [2.05, 4.69) is 4.98 Å². The minimum atomic E-state index is -4.96. The third-order valence-corrected chi connectivity index (χ3v) is 5.57. The van der Waals surface area contributed by atoms with Gasteiger partial charge < -0.3 is 14.0 Å². The van der Waals surface area contributed by atoms with E-state index in [0.29, 0.717) is 11.9 Å². The third-order valence-electron chi connectivity index (χ3n) is 5.57. The number of fused-ring (bicyclic) bond motifs is 1. The largest absolute Gasteiger partial charge is 0.491 e. The molecule has 5 nitrogen and oxygen atoms in total. The Bertz CT molecular complexity index is 1450. The Morgan fingerprint density at radius 2 is 1.63 bits per heavy atom. The number of carbonyl (C=O) groups is 1. The maximum Gasteiger partial charge on any atom is 0.419 e. The van der Waals surface area contributed by atoms with Crippen LogP contribution in [0.2, 0.25) is 0 Å². The molecule has 0 fully saturated rings. The number of pyridine rings is 1. The standard InChI is InChI=1S/C27H22F6N2O3/c1-4-37-25(36)24-23(27(31,32)33)20-13-16(21-11-6-17(14-34-21)26(28,29)30)5-12-22(20)35(24)18-7-9-19(10-8-18)38-15(2)3/h5-15H,4H2,1-3H3. The molecule has 0 saturated carbocycles. The van der Waals surface area contributed by atoms with Crippen LogP contribution in [-0.4, -0.2) is 28.2 Å². The average molecular weight is 536 g/mol. The topological polar surface area (TPSA) is 53.3 Å². The van der Waals surface area contributed by atoms with Crippen molar-refractivity contribution in [3.05, 3.63) is 77.6 Å². The number of alkyl halides is 6. The highest BCUT2D eigenvalue weighted by atomic mass is 19.4. The van der Waals surface area contributed by atoms with Gasteiger partial charge in [-0.05, 0) is 69.3 Å². The molecular formula is C27H22F6N2O3. The summed E-state index contributed by atoms with van der Waals surface area (Å²) in [7, 11) is 0. The van der Waals surface area contributed by atoms with Gasteiger partial charge in [-0.3, -0.25) is 4.98 Å². The lowest BCUT2D eigenvalue weighted by Gasteiger charge is -2.14. The molecule has 0 bridgehead atoms. The molecule has 4 rings (SSSR count). The summed E-state index contributed by atoms with van der Waals surface area (Å²) in [5.41, 5.74) is -2.44. The molecule has 0 N–H and O–H groups in total. The molecule has 0 unspecified atom stereocenters. The minimum absolute atomic E-state index is 0.0358. The van der Waals surface area contributed by atoms with Crippen LogP contribution >= 0.6 is 0 Å². The fourth-order valence-electron chi connectivity index (χ4n) is 4.08. The molecule has 11 heteroatoms. The van der Waals surface area contributed by atoms with Crippen LogP contribution in [0.15, 0.2) is 60.8 Å². The fourth-order valence-corrected chi connectivity index (χ4v) is 4.08. The number of esters is 1. The van der Waals surface area contributed by atoms with Crippen molar-refractivity contribution in [2.75, 3.05) is 6.61 Å². The van der Waals surface area contributed by atoms with E-state index in [4.69, 9.17) is 9.47 Å². The molecule has 0 aliphatic rings. The maximum atomic E-state index is 14.5. The first kappa shape index (κ1) is 27.0. The Labute approximate surface area is 213 Å². The zero-order valence-corrected chi connectivity index (χ0v) is 20.4. The van der Waals surface area contributed by atoms with Crippen LogP contribution in [0.25, 0.3) is 27.8 Å². The third kappa shape index (κ3) is 5.32.